The predicted octanol–water partition coefficient (Wildman–Crippen LogP) is 11.1. The summed E-state index contributed by atoms with van der Waals surface area (Å²) in [5, 5.41) is 5.13. The fraction of sp³-hybridized carbons (Fsp3) is 0.537. The number of ether oxygens (including phenoxy) is 1. The van der Waals surface area contributed by atoms with E-state index in [0.717, 1.165) is 21.9 Å². The van der Waals surface area contributed by atoms with Gasteiger partial charge in [0.25, 0.3) is 5.97 Å². The maximum absolute atomic E-state index is 15.6. The van der Waals surface area contributed by atoms with Gasteiger partial charge >= 0.3 is 0 Å². The van der Waals surface area contributed by atoms with E-state index in [4.69, 9.17) is 9.16 Å². The Morgan fingerprint density at radius 3 is 1.27 bits per heavy atom. The number of nitrogens with one attached hydrogen (secondary N) is 1. The van der Waals surface area contributed by atoms with Gasteiger partial charge in [0.05, 0.1) is 41.8 Å². The Morgan fingerprint density at radius 1 is 0.608 bits per heavy atom. The van der Waals surface area contributed by atoms with Gasteiger partial charge in [0.15, 0.2) is 0 Å². The van der Waals surface area contributed by atoms with Crippen molar-refractivity contribution in [2.75, 3.05) is 7.11 Å². The van der Waals surface area contributed by atoms with E-state index in [9.17, 15) is 0 Å². The molecule has 0 aromatic heterocycles. The summed E-state index contributed by atoms with van der Waals surface area (Å²) in [5.41, 5.74) is 0.902. The van der Waals surface area contributed by atoms with E-state index in [2.05, 4.69) is 67.4 Å². The molecule has 2 atom stereocenters. The molecule has 5 nitrogen and oxygen atoms in total. The SMILES string of the molecule is CC[Si](CC)(CC)[Si](OC(=O)C(C)C(NP(=O)(c1ccccc1)c1ccccc1)c1ccc(OC)cc1)([Si](CC)(CC)CC)[Si](CC)(CC)CC. The summed E-state index contributed by atoms with van der Waals surface area (Å²) < 4.78 is 29.0. The molecule has 282 valence electrons. The molecule has 10 heteroatoms. The van der Waals surface area contributed by atoms with Crippen molar-refractivity contribution in [1.82, 2.24) is 5.09 Å². The summed E-state index contributed by atoms with van der Waals surface area (Å²) in [7, 11) is -7.91. The van der Waals surface area contributed by atoms with Gasteiger partial charge < -0.3 is 9.16 Å². The van der Waals surface area contributed by atoms with Crippen molar-refractivity contribution in [3.63, 3.8) is 0 Å². The van der Waals surface area contributed by atoms with Gasteiger partial charge in [-0.3, -0.25) is 14.4 Å². The lowest BCUT2D eigenvalue weighted by atomic mass is 9.95. The molecule has 0 aliphatic rings. The van der Waals surface area contributed by atoms with Crippen molar-refractivity contribution in [3.8, 4) is 5.75 Å². The molecule has 51 heavy (non-hydrogen) atoms. The third-order valence-corrected chi connectivity index (χ3v) is 85.9. The largest absolute Gasteiger partial charge is 0.527 e. The van der Waals surface area contributed by atoms with Gasteiger partial charge in [-0.2, -0.15) is 0 Å². The smallest absolute Gasteiger partial charge is 0.296 e. The first kappa shape index (κ1) is 43.4. The first-order valence-corrected chi connectivity index (χ1v) is 34.3. The van der Waals surface area contributed by atoms with Crippen LogP contribution in [0.3, 0.4) is 0 Å². The average molecular weight is 782 g/mol. The molecule has 0 aliphatic heterocycles. The third-order valence-electron chi connectivity index (χ3n) is 13.5. The Bertz CT molecular complexity index is 1430. The highest BCUT2D eigenvalue weighted by Crippen LogP contribution is 2.52. The van der Waals surface area contributed by atoms with Gasteiger partial charge in [-0.1, -0.05) is 172 Å². The molecule has 0 aliphatic carbocycles. The van der Waals surface area contributed by atoms with Gasteiger partial charge in [0.2, 0.25) is 14.2 Å². The van der Waals surface area contributed by atoms with E-state index in [1.165, 1.54) is 54.4 Å². The predicted molar refractivity (Wildman–Crippen MR) is 231 cm³/mol. The summed E-state index contributed by atoms with van der Waals surface area (Å²) in [6.45, 7) is 21.3. The molecule has 1 N–H and O–H groups in total. The van der Waals surface area contributed by atoms with Crippen molar-refractivity contribution in [2.24, 2.45) is 5.92 Å². The lowest BCUT2D eigenvalue weighted by molar-refractivity contribution is -0.139. The Balaban J connectivity index is 2.38. The van der Waals surface area contributed by atoms with Crippen LogP contribution < -0.4 is 20.4 Å². The fourth-order valence-electron chi connectivity index (χ4n) is 9.94. The summed E-state index contributed by atoms with van der Waals surface area (Å²) in [6.07, 6.45) is 0. The number of carbonyl (C=O) groups excluding carboxylic acids is 1. The second-order valence-corrected chi connectivity index (χ2v) is 53.1. The minimum atomic E-state index is -3.41. The Labute approximate surface area is 314 Å². The van der Waals surface area contributed by atoms with Crippen LogP contribution in [-0.4, -0.2) is 42.7 Å². The third kappa shape index (κ3) is 7.81. The molecule has 0 radical (unpaired) electrons. The average Bonchev–Trinajstić information content (AvgIpc) is 3.19. The van der Waals surface area contributed by atoms with Crippen molar-refractivity contribution in [3.05, 3.63) is 90.5 Å². The zero-order valence-corrected chi connectivity index (χ0v) is 38.6. The van der Waals surface area contributed by atoms with Crippen LogP contribution in [-0.2, 0) is 13.8 Å². The van der Waals surface area contributed by atoms with Crippen LogP contribution in [0.25, 0.3) is 0 Å². The van der Waals surface area contributed by atoms with Crippen molar-refractivity contribution in [1.29, 1.82) is 0 Å². The van der Waals surface area contributed by atoms with E-state index >= 15 is 9.36 Å². The minimum Gasteiger partial charge on any atom is -0.527 e. The van der Waals surface area contributed by atoms with Crippen LogP contribution in [0.5, 0.6) is 5.75 Å². The van der Waals surface area contributed by atoms with Gasteiger partial charge in [-0.05, 0) is 42.0 Å². The summed E-state index contributed by atoms with van der Waals surface area (Å²) in [4.78, 5) is 15.6. The summed E-state index contributed by atoms with van der Waals surface area (Å²) >= 11 is 0. The highest BCUT2D eigenvalue weighted by molar-refractivity contribution is 7.88. The van der Waals surface area contributed by atoms with Crippen LogP contribution in [0, 0.1) is 5.92 Å². The van der Waals surface area contributed by atoms with E-state index in [0.29, 0.717) is 0 Å². The quantitative estimate of drug-likeness (QED) is 0.0861. The zero-order valence-electron chi connectivity index (χ0n) is 33.7. The lowest BCUT2D eigenvalue weighted by Gasteiger charge is -2.63. The van der Waals surface area contributed by atoms with E-state index in [1.807, 2.05) is 91.9 Å². The molecular weight excluding hydrogens is 714 g/mol. The number of hydrogen-bond acceptors (Lipinski definition) is 4. The maximum atomic E-state index is 15.6. The lowest BCUT2D eigenvalue weighted by Crippen LogP contribution is -2.90. The molecule has 0 saturated carbocycles. The van der Waals surface area contributed by atoms with Crippen molar-refractivity contribution in [2.45, 2.75) is 130 Å². The fourth-order valence-corrected chi connectivity index (χ4v) is 111. The summed E-state index contributed by atoms with van der Waals surface area (Å²) in [6, 6.07) is 37.4. The topological polar surface area (TPSA) is 64.6 Å². The van der Waals surface area contributed by atoms with Crippen molar-refractivity contribution >= 4 is 53.5 Å². The number of carbonyl (C=O) groups is 1. The van der Waals surface area contributed by atoms with Crippen molar-refractivity contribution < 1.29 is 18.5 Å². The standard InChI is InChI=1S/C41H68NO4PSi4/c1-12-48(13-2,14-3)51(49(15-4,16-5)17-6,50(18-7,19-8)20-9)46-41(43)35(10)40(36-31-33-37(45-11)34-32-36)42-47(44,38-27-23-21-24-28-38)39-29-25-22-26-30-39/h21-35,40H,12-20H2,1-11H3,(H,42,44). The molecule has 0 bridgehead atoms. The van der Waals surface area contributed by atoms with Crippen LogP contribution >= 0.6 is 7.29 Å². The number of hydrogen-bond donors (Lipinski definition) is 1. The first-order valence-electron chi connectivity index (χ1n) is 19.8. The highest BCUT2D eigenvalue weighted by atomic mass is 31.2. The van der Waals surface area contributed by atoms with Gasteiger partial charge in [-0.15, -0.1) is 0 Å². The number of rotatable bonds is 21. The Kier molecular flexibility index (Phi) is 16.0. The number of benzene rings is 3. The van der Waals surface area contributed by atoms with E-state index < -0.39 is 48.9 Å². The maximum Gasteiger partial charge on any atom is 0.296 e. The van der Waals surface area contributed by atoms with Crippen LogP contribution in [0.1, 0.15) is 80.8 Å². The Hall–Kier alpha value is -2.01. The minimum absolute atomic E-state index is 0.0747. The number of methoxy groups -OCH3 is 1. The Morgan fingerprint density at radius 2 is 0.961 bits per heavy atom. The molecule has 3 rings (SSSR count). The second-order valence-electron chi connectivity index (χ2n) is 14.6. The van der Waals surface area contributed by atoms with Gasteiger partial charge in [0.1, 0.15) is 5.75 Å². The van der Waals surface area contributed by atoms with Crippen LogP contribution in [0.4, 0.5) is 0 Å². The molecule has 3 aromatic carbocycles. The molecule has 0 fully saturated rings. The normalized spacial score (nSPS) is 14.2. The van der Waals surface area contributed by atoms with E-state index in [-0.39, 0.29) is 5.97 Å². The molecular formula is C41H68NO4PSi4. The van der Waals surface area contributed by atoms with Gasteiger partial charge in [-0.25, -0.2) is 0 Å². The van der Waals surface area contributed by atoms with Crippen LogP contribution in [0.15, 0.2) is 84.9 Å². The molecule has 2 unspecified atom stereocenters. The molecule has 0 amide bonds. The highest BCUT2D eigenvalue weighted by Gasteiger charge is 2.74. The van der Waals surface area contributed by atoms with Crippen LogP contribution in [0.2, 0.25) is 54.4 Å². The zero-order chi connectivity index (χ0) is 37.9. The molecule has 0 saturated heterocycles. The molecule has 0 spiro atoms. The monoisotopic (exact) mass is 781 g/mol. The van der Waals surface area contributed by atoms with E-state index in [1.54, 1.807) is 7.11 Å². The van der Waals surface area contributed by atoms with Gasteiger partial charge in [0, 0.05) is 10.6 Å². The molecule has 0 heterocycles. The first-order chi connectivity index (χ1) is 24.4. The summed E-state index contributed by atoms with van der Waals surface area (Å²) in [5.74, 6) is 0.0967. The second kappa shape index (κ2) is 18.8. The molecule has 3 aromatic rings.